The van der Waals surface area contributed by atoms with Crippen molar-refractivity contribution < 1.29 is 22.4 Å². The van der Waals surface area contributed by atoms with Gasteiger partial charge in [0.25, 0.3) is 0 Å². The fraction of sp³-hybridized carbons (Fsp3) is 0.632. The van der Waals surface area contributed by atoms with Gasteiger partial charge in [-0.25, -0.2) is 17.5 Å². The van der Waals surface area contributed by atoms with E-state index in [1.807, 2.05) is 4.90 Å². The summed E-state index contributed by atoms with van der Waals surface area (Å²) in [6, 6.07) is 0.364. The van der Waals surface area contributed by atoms with Crippen LogP contribution in [-0.4, -0.2) is 79.0 Å². The number of amides is 2. The van der Waals surface area contributed by atoms with Gasteiger partial charge in [-0.1, -0.05) is 13.8 Å². The second-order valence-electron chi connectivity index (χ2n) is 8.28. The number of piperazine rings is 1. The molecule has 0 aromatic carbocycles. The van der Waals surface area contributed by atoms with Gasteiger partial charge in [0.15, 0.2) is 0 Å². The third-order valence-electron chi connectivity index (χ3n) is 5.47. The zero-order valence-corrected chi connectivity index (χ0v) is 18.2. The van der Waals surface area contributed by atoms with Crippen molar-refractivity contribution in [3.05, 3.63) is 29.8 Å². The van der Waals surface area contributed by atoms with Crippen LogP contribution in [0.5, 0.6) is 0 Å². The van der Waals surface area contributed by atoms with Crippen LogP contribution < -0.4 is 10.0 Å². The molecule has 2 saturated heterocycles. The van der Waals surface area contributed by atoms with Crippen molar-refractivity contribution in [1.82, 2.24) is 24.8 Å². The van der Waals surface area contributed by atoms with E-state index in [1.165, 1.54) is 6.20 Å². The fourth-order valence-electron chi connectivity index (χ4n) is 4.04. The third-order valence-corrected chi connectivity index (χ3v) is 6.23. The number of fused-ring (bicyclic) bond motifs is 1. The van der Waals surface area contributed by atoms with E-state index < -0.39 is 21.9 Å². The highest BCUT2D eigenvalue weighted by molar-refractivity contribution is 7.88. The molecule has 1 aromatic heterocycles. The molecule has 3 heterocycles. The van der Waals surface area contributed by atoms with Crippen LogP contribution in [-0.2, 0) is 26.2 Å². The second-order valence-corrected chi connectivity index (χ2v) is 10.1. The lowest BCUT2D eigenvalue weighted by atomic mass is 10.0. The Hall–Kier alpha value is -2.11. The van der Waals surface area contributed by atoms with Crippen molar-refractivity contribution >= 4 is 21.8 Å². The normalized spacial score (nSPS) is 24.9. The predicted molar refractivity (Wildman–Crippen MR) is 108 cm³/mol. The average Bonchev–Trinajstić information content (AvgIpc) is 3.03. The number of halogens is 1. The zero-order chi connectivity index (χ0) is 22.1. The largest absolute Gasteiger partial charge is 0.354 e. The molecule has 0 unspecified atom stereocenters. The van der Waals surface area contributed by atoms with Gasteiger partial charge < -0.3 is 10.2 Å². The van der Waals surface area contributed by atoms with Crippen LogP contribution in [0.3, 0.4) is 0 Å². The molecule has 2 aliphatic heterocycles. The Morgan fingerprint density at radius 3 is 2.73 bits per heavy atom. The molecule has 30 heavy (non-hydrogen) atoms. The predicted octanol–water partition coefficient (Wildman–Crippen LogP) is -0.304. The topological polar surface area (TPSA) is 112 Å². The van der Waals surface area contributed by atoms with Crippen molar-refractivity contribution in [2.24, 2.45) is 5.92 Å². The Kier molecular flexibility index (Phi) is 6.73. The summed E-state index contributed by atoms with van der Waals surface area (Å²) in [4.78, 5) is 32.6. The number of carbonyl (C=O) groups excluding carboxylic acids is 2. The monoisotopic (exact) mass is 441 g/mol. The zero-order valence-electron chi connectivity index (χ0n) is 17.3. The van der Waals surface area contributed by atoms with Gasteiger partial charge in [-0.2, -0.15) is 0 Å². The number of carbonyl (C=O) groups is 2. The van der Waals surface area contributed by atoms with Crippen LogP contribution in [0.2, 0.25) is 0 Å². The van der Waals surface area contributed by atoms with E-state index in [0.29, 0.717) is 18.5 Å². The van der Waals surface area contributed by atoms with Crippen molar-refractivity contribution in [3.63, 3.8) is 0 Å². The van der Waals surface area contributed by atoms with E-state index in [0.717, 1.165) is 12.5 Å². The number of nitrogens with one attached hydrogen (secondary N) is 2. The maximum atomic E-state index is 14.2. The van der Waals surface area contributed by atoms with Crippen molar-refractivity contribution in [2.75, 3.05) is 25.9 Å². The standard InChI is InChI=1S/C19H28FN5O4S/c1-12(2)18(26)22-8-17-19(27)25-10-14(23-30(3,28)29)6-15(25)11-24(17)9-13-4-5-21-7-16(13)20/h4-5,7,12,14-15,17,23H,6,8-11H2,1-3H3,(H,22,26)/t14-,15-,17-/m0/s1. The number of sulfonamides is 1. The number of aromatic nitrogens is 1. The minimum atomic E-state index is -3.40. The molecule has 166 valence electrons. The Morgan fingerprint density at radius 1 is 1.37 bits per heavy atom. The molecule has 0 spiro atoms. The maximum absolute atomic E-state index is 14.2. The van der Waals surface area contributed by atoms with E-state index in [2.05, 4.69) is 15.0 Å². The first-order valence-electron chi connectivity index (χ1n) is 9.93. The summed E-state index contributed by atoms with van der Waals surface area (Å²) in [5, 5.41) is 2.80. The van der Waals surface area contributed by atoms with Gasteiger partial charge in [-0.3, -0.25) is 19.5 Å². The van der Waals surface area contributed by atoms with Gasteiger partial charge in [-0.15, -0.1) is 0 Å². The summed E-state index contributed by atoms with van der Waals surface area (Å²) in [7, 11) is -3.40. The summed E-state index contributed by atoms with van der Waals surface area (Å²) in [6.45, 7) is 4.56. The molecule has 0 radical (unpaired) electrons. The molecule has 2 fully saturated rings. The van der Waals surface area contributed by atoms with Crippen LogP contribution in [0.1, 0.15) is 25.8 Å². The molecule has 9 nitrogen and oxygen atoms in total. The second kappa shape index (κ2) is 8.94. The fourth-order valence-corrected chi connectivity index (χ4v) is 4.81. The van der Waals surface area contributed by atoms with Gasteiger partial charge in [0, 0.05) is 55.9 Å². The Labute approximate surface area is 176 Å². The van der Waals surface area contributed by atoms with Gasteiger partial charge in [0.2, 0.25) is 21.8 Å². The van der Waals surface area contributed by atoms with Crippen LogP contribution in [0.15, 0.2) is 18.5 Å². The number of nitrogens with zero attached hydrogens (tertiary/aromatic N) is 3. The summed E-state index contributed by atoms with van der Waals surface area (Å²) < 4.78 is 39.9. The third kappa shape index (κ3) is 5.32. The SMILES string of the molecule is CC(C)C(=O)NC[C@H]1C(=O)N2C[C@@H](NS(C)(=O)=O)C[C@H]2CN1Cc1ccncc1F. The highest BCUT2D eigenvalue weighted by Gasteiger charge is 2.46. The minimum Gasteiger partial charge on any atom is -0.354 e. The number of pyridine rings is 1. The van der Waals surface area contributed by atoms with E-state index >= 15 is 0 Å². The highest BCUT2D eigenvalue weighted by atomic mass is 32.2. The quantitative estimate of drug-likeness (QED) is 0.601. The number of hydrogen-bond donors (Lipinski definition) is 2. The van der Waals surface area contributed by atoms with Gasteiger partial charge in [0.1, 0.15) is 11.9 Å². The molecule has 3 rings (SSSR count). The van der Waals surface area contributed by atoms with E-state index in [1.54, 1.807) is 24.8 Å². The molecular formula is C19H28FN5O4S. The van der Waals surface area contributed by atoms with Crippen LogP contribution in [0, 0.1) is 11.7 Å². The molecule has 0 saturated carbocycles. The Morgan fingerprint density at radius 2 is 2.10 bits per heavy atom. The maximum Gasteiger partial charge on any atom is 0.242 e. The summed E-state index contributed by atoms with van der Waals surface area (Å²) >= 11 is 0. The van der Waals surface area contributed by atoms with E-state index in [-0.39, 0.29) is 49.5 Å². The average molecular weight is 442 g/mol. The van der Waals surface area contributed by atoms with Gasteiger partial charge >= 0.3 is 0 Å². The smallest absolute Gasteiger partial charge is 0.242 e. The molecule has 1 aromatic rings. The molecule has 3 atom stereocenters. The lowest BCUT2D eigenvalue weighted by Crippen LogP contribution is -2.62. The summed E-state index contributed by atoms with van der Waals surface area (Å²) in [6.07, 6.45) is 4.20. The lowest BCUT2D eigenvalue weighted by Gasteiger charge is -2.43. The molecule has 2 aliphatic rings. The highest BCUT2D eigenvalue weighted by Crippen LogP contribution is 2.28. The molecule has 2 N–H and O–H groups in total. The van der Waals surface area contributed by atoms with Gasteiger partial charge in [0.05, 0.1) is 12.5 Å². The van der Waals surface area contributed by atoms with Gasteiger partial charge in [-0.05, 0) is 12.5 Å². The first-order valence-corrected chi connectivity index (χ1v) is 11.8. The Balaban J connectivity index is 1.80. The summed E-state index contributed by atoms with van der Waals surface area (Å²) in [5.74, 6) is -1.04. The lowest BCUT2D eigenvalue weighted by molar-refractivity contribution is -0.144. The molecule has 0 aliphatic carbocycles. The minimum absolute atomic E-state index is 0.107. The number of rotatable bonds is 7. The van der Waals surface area contributed by atoms with Crippen LogP contribution in [0.25, 0.3) is 0 Å². The molecular weight excluding hydrogens is 413 g/mol. The van der Waals surface area contributed by atoms with E-state index in [9.17, 15) is 22.4 Å². The van der Waals surface area contributed by atoms with Crippen molar-refractivity contribution in [1.29, 1.82) is 0 Å². The van der Waals surface area contributed by atoms with E-state index in [4.69, 9.17) is 0 Å². The van der Waals surface area contributed by atoms with Crippen molar-refractivity contribution in [2.45, 2.75) is 44.9 Å². The van der Waals surface area contributed by atoms with Crippen molar-refractivity contribution in [3.8, 4) is 0 Å². The van der Waals surface area contributed by atoms with Crippen LogP contribution >= 0.6 is 0 Å². The molecule has 2 amide bonds. The first-order chi connectivity index (χ1) is 14.0. The molecule has 11 heteroatoms. The Bertz CT molecular complexity index is 910. The van der Waals surface area contributed by atoms with Crippen LogP contribution in [0.4, 0.5) is 4.39 Å². The first kappa shape index (κ1) is 22.6. The summed E-state index contributed by atoms with van der Waals surface area (Å²) in [5.41, 5.74) is 0.412. The molecule has 0 bridgehead atoms. The number of hydrogen-bond acceptors (Lipinski definition) is 6.